The Balaban J connectivity index is 2.45. The number of aromatic nitrogens is 1. The number of benzene rings is 1. The van der Waals surface area contributed by atoms with Crippen LogP contribution in [0.1, 0.15) is 10.5 Å². The number of halogens is 2. The number of carbonyl (C=O) groups is 1. The molecule has 0 saturated carbocycles. The number of aromatic hydroxyl groups is 1. The fraction of sp³-hybridized carbons (Fsp3) is 0.0833. The molecule has 1 aromatic heterocycles. The molecule has 1 heterocycles. The number of nitrogens with one attached hydrogen (secondary N) is 1. The zero-order chi connectivity index (χ0) is 16.7. The normalized spacial score (nSPS) is 11.4. The lowest BCUT2D eigenvalue weighted by molar-refractivity contribution is 0.0992. The Bertz CT molecular complexity index is 861. The standard InChI is InChI=1S/C12H11Cl2N3O4S/c1-17-5-7(4-10(17)12(15)19)22(20,21)16-9-3-6(13)2-8(14)11(9)18/h2-5,16,18H,1H3,(H2,15,19). The summed E-state index contributed by atoms with van der Waals surface area (Å²) in [6, 6.07) is 3.59. The average Bonchev–Trinajstić information content (AvgIpc) is 2.78. The molecule has 10 heteroatoms. The Labute approximate surface area is 136 Å². The summed E-state index contributed by atoms with van der Waals surface area (Å²) in [7, 11) is -2.58. The SMILES string of the molecule is Cn1cc(S(=O)(=O)Nc2cc(Cl)cc(Cl)c2O)cc1C(N)=O. The number of nitrogens with zero attached hydrogens (tertiary/aromatic N) is 1. The molecule has 22 heavy (non-hydrogen) atoms. The molecule has 0 unspecified atom stereocenters. The minimum Gasteiger partial charge on any atom is -0.504 e. The van der Waals surface area contributed by atoms with E-state index in [9.17, 15) is 18.3 Å². The van der Waals surface area contributed by atoms with Crippen LogP contribution in [0.25, 0.3) is 0 Å². The summed E-state index contributed by atoms with van der Waals surface area (Å²) in [6.45, 7) is 0. The second-order valence-corrected chi connectivity index (χ2v) is 6.95. The van der Waals surface area contributed by atoms with Crippen LogP contribution in [0.4, 0.5) is 5.69 Å². The lowest BCUT2D eigenvalue weighted by Crippen LogP contribution is -2.14. The number of aryl methyl sites for hydroxylation is 1. The number of sulfonamides is 1. The van der Waals surface area contributed by atoms with E-state index in [-0.39, 0.29) is 26.3 Å². The summed E-state index contributed by atoms with van der Waals surface area (Å²) in [6.07, 6.45) is 1.21. The van der Waals surface area contributed by atoms with Crippen molar-refractivity contribution in [3.63, 3.8) is 0 Å². The van der Waals surface area contributed by atoms with Crippen molar-refractivity contribution in [2.24, 2.45) is 12.8 Å². The third-order valence-electron chi connectivity index (χ3n) is 2.82. The van der Waals surface area contributed by atoms with E-state index in [1.165, 1.54) is 29.9 Å². The first kappa shape index (κ1) is 16.5. The molecule has 0 spiro atoms. The molecular weight excluding hydrogens is 353 g/mol. The van der Waals surface area contributed by atoms with Crippen LogP contribution >= 0.6 is 23.2 Å². The van der Waals surface area contributed by atoms with Gasteiger partial charge >= 0.3 is 0 Å². The molecule has 0 bridgehead atoms. The van der Waals surface area contributed by atoms with Gasteiger partial charge in [0.1, 0.15) is 10.6 Å². The first-order valence-corrected chi connectivity index (χ1v) is 8.02. The predicted octanol–water partition coefficient (Wildman–Crippen LogP) is 1.94. The molecule has 1 amide bonds. The topological polar surface area (TPSA) is 114 Å². The van der Waals surface area contributed by atoms with E-state index in [1.54, 1.807) is 0 Å². The van der Waals surface area contributed by atoms with Crippen LogP contribution in [0, 0.1) is 0 Å². The number of primary amides is 1. The molecule has 7 nitrogen and oxygen atoms in total. The van der Waals surface area contributed by atoms with Gasteiger partial charge in [-0.3, -0.25) is 9.52 Å². The summed E-state index contributed by atoms with van der Waals surface area (Å²) in [5.74, 6) is -1.22. The van der Waals surface area contributed by atoms with Gasteiger partial charge in [-0.15, -0.1) is 0 Å². The van der Waals surface area contributed by atoms with Gasteiger partial charge in [-0.2, -0.15) is 0 Å². The van der Waals surface area contributed by atoms with Crippen molar-refractivity contribution in [1.82, 2.24) is 4.57 Å². The monoisotopic (exact) mass is 363 g/mol. The van der Waals surface area contributed by atoms with E-state index in [0.29, 0.717) is 0 Å². The quantitative estimate of drug-likeness (QED) is 0.719. The van der Waals surface area contributed by atoms with Gasteiger partial charge in [-0.1, -0.05) is 23.2 Å². The predicted molar refractivity (Wildman–Crippen MR) is 82.9 cm³/mol. The van der Waals surface area contributed by atoms with Crippen LogP contribution in [0.2, 0.25) is 10.0 Å². The van der Waals surface area contributed by atoms with Crippen molar-refractivity contribution >= 4 is 44.8 Å². The number of phenols is 1. The summed E-state index contributed by atoms with van der Waals surface area (Å²) < 4.78 is 28.0. The number of hydrogen-bond acceptors (Lipinski definition) is 4. The van der Waals surface area contributed by atoms with Crippen molar-refractivity contribution in [3.05, 3.63) is 40.1 Å². The maximum absolute atomic E-state index is 12.3. The molecule has 0 fully saturated rings. The van der Waals surface area contributed by atoms with Crippen LogP contribution in [0.3, 0.4) is 0 Å². The number of carbonyl (C=O) groups excluding carboxylic acids is 1. The van der Waals surface area contributed by atoms with Crippen molar-refractivity contribution in [3.8, 4) is 5.75 Å². The van der Waals surface area contributed by atoms with Crippen molar-refractivity contribution in [1.29, 1.82) is 0 Å². The third kappa shape index (κ3) is 3.13. The summed E-state index contributed by atoms with van der Waals surface area (Å²) in [5.41, 5.74) is 4.98. The second kappa shape index (κ2) is 5.71. The largest absolute Gasteiger partial charge is 0.504 e. The Hall–Kier alpha value is -1.90. The van der Waals surface area contributed by atoms with Gasteiger partial charge in [-0.05, 0) is 18.2 Å². The molecule has 0 aliphatic heterocycles. The van der Waals surface area contributed by atoms with Gasteiger partial charge in [0.25, 0.3) is 15.9 Å². The van der Waals surface area contributed by atoms with Gasteiger partial charge < -0.3 is 15.4 Å². The van der Waals surface area contributed by atoms with Crippen LogP contribution in [-0.4, -0.2) is 24.0 Å². The minimum absolute atomic E-state index is 0.0220. The summed E-state index contributed by atoms with van der Waals surface area (Å²) in [5, 5.41) is 9.83. The van der Waals surface area contributed by atoms with Crippen LogP contribution in [0.5, 0.6) is 5.75 Å². The number of anilines is 1. The highest BCUT2D eigenvalue weighted by atomic mass is 35.5. The Morgan fingerprint density at radius 1 is 1.32 bits per heavy atom. The van der Waals surface area contributed by atoms with Gasteiger partial charge in [0.15, 0.2) is 5.75 Å². The Kier molecular flexibility index (Phi) is 4.28. The van der Waals surface area contributed by atoms with E-state index >= 15 is 0 Å². The lowest BCUT2D eigenvalue weighted by atomic mass is 10.3. The zero-order valence-corrected chi connectivity index (χ0v) is 13.5. The molecular formula is C12H11Cl2N3O4S. The average molecular weight is 364 g/mol. The number of amides is 1. The van der Waals surface area contributed by atoms with E-state index in [2.05, 4.69) is 4.72 Å². The van der Waals surface area contributed by atoms with Crippen LogP contribution in [0.15, 0.2) is 29.3 Å². The summed E-state index contributed by atoms with van der Waals surface area (Å²) >= 11 is 11.5. The lowest BCUT2D eigenvalue weighted by Gasteiger charge is -2.10. The fourth-order valence-corrected chi connectivity index (χ4v) is 3.39. The van der Waals surface area contributed by atoms with E-state index in [0.717, 1.165) is 6.07 Å². The first-order valence-electron chi connectivity index (χ1n) is 5.79. The van der Waals surface area contributed by atoms with Crippen LogP contribution < -0.4 is 10.5 Å². The minimum atomic E-state index is -4.06. The van der Waals surface area contributed by atoms with Gasteiger partial charge in [-0.25, -0.2) is 8.42 Å². The van der Waals surface area contributed by atoms with Gasteiger partial charge in [0.05, 0.1) is 10.7 Å². The highest BCUT2D eigenvalue weighted by Gasteiger charge is 2.21. The maximum Gasteiger partial charge on any atom is 0.265 e. The van der Waals surface area contributed by atoms with E-state index < -0.39 is 21.7 Å². The zero-order valence-electron chi connectivity index (χ0n) is 11.2. The maximum atomic E-state index is 12.3. The number of nitrogens with two attached hydrogens (primary N) is 1. The molecule has 0 aliphatic rings. The van der Waals surface area contributed by atoms with Crippen LogP contribution in [-0.2, 0) is 17.1 Å². The number of hydrogen-bond donors (Lipinski definition) is 3. The second-order valence-electron chi connectivity index (χ2n) is 4.43. The van der Waals surface area contributed by atoms with E-state index in [1.807, 2.05) is 0 Å². The van der Waals surface area contributed by atoms with Gasteiger partial charge in [0.2, 0.25) is 0 Å². The molecule has 118 valence electrons. The molecule has 4 N–H and O–H groups in total. The highest BCUT2D eigenvalue weighted by Crippen LogP contribution is 2.36. The molecule has 2 aromatic rings. The molecule has 0 aliphatic carbocycles. The van der Waals surface area contributed by atoms with Gasteiger partial charge in [0, 0.05) is 18.3 Å². The summed E-state index contributed by atoms with van der Waals surface area (Å²) in [4.78, 5) is 11.0. The number of phenolic OH excluding ortho intramolecular Hbond substituents is 1. The Morgan fingerprint density at radius 2 is 1.95 bits per heavy atom. The third-order valence-corrected chi connectivity index (χ3v) is 4.65. The molecule has 0 radical (unpaired) electrons. The molecule has 0 atom stereocenters. The molecule has 0 saturated heterocycles. The molecule has 2 rings (SSSR count). The Morgan fingerprint density at radius 3 is 2.50 bits per heavy atom. The highest BCUT2D eigenvalue weighted by molar-refractivity contribution is 7.92. The smallest absolute Gasteiger partial charge is 0.265 e. The number of rotatable bonds is 4. The van der Waals surface area contributed by atoms with E-state index in [4.69, 9.17) is 28.9 Å². The fourth-order valence-electron chi connectivity index (χ4n) is 1.77. The first-order chi connectivity index (χ1) is 10.1. The van der Waals surface area contributed by atoms with Crippen molar-refractivity contribution in [2.45, 2.75) is 4.90 Å². The molecule has 1 aromatic carbocycles. The van der Waals surface area contributed by atoms with Crippen molar-refractivity contribution in [2.75, 3.05) is 4.72 Å². The van der Waals surface area contributed by atoms with Crippen molar-refractivity contribution < 1.29 is 18.3 Å².